The fraction of sp³-hybridized carbons (Fsp3) is 0.231. The van der Waals surface area contributed by atoms with Gasteiger partial charge in [-0.25, -0.2) is 9.78 Å². The molecule has 18 heavy (non-hydrogen) atoms. The van der Waals surface area contributed by atoms with Gasteiger partial charge >= 0.3 is 5.97 Å². The van der Waals surface area contributed by atoms with Crippen molar-refractivity contribution in [2.24, 2.45) is 5.73 Å². The Bertz CT molecular complexity index is 670. The van der Waals surface area contributed by atoms with Crippen LogP contribution in [0.5, 0.6) is 0 Å². The van der Waals surface area contributed by atoms with Gasteiger partial charge in [-0.2, -0.15) is 0 Å². The van der Waals surface area contributed by atoms with Gasteiger partial charge in [0, 0.05) is 0 Å². The fourth-order valence-electron chi connectivity index (χ4n) is 2.21. The van der Waals surface area contributed by atoms with E-state index in [0.717, 1.165) is 11.0 Å². The van der Waals surface area contributed by atoms with Gasteiger partial charge in [-0.05, 0) is 19.1 Å². The van der Waals surface area contributed by atoms with Gasteiger partial charge in [0.1, 0.15) is 0 Å². The predicted molar refractivity (Wildman–Crippen MR) is 67.5 cm³/mol. The van der Waals surface area contributed by atoms with Crippen LogP contribution in [0.25, 0.3) is 16.7 Å². The summed E-state index contributed by atoms with van der Waals surface area (Å²) in [5, 5.41) is 0. The summed E-state index contributed by atoms with van der Waals surface area (Å²) in [6.07, 6.45) is 0. The van der Waals surface area contributed by atoms with Crippen LogP contribution in [0.4, 0.5) is 0 Å². The molecule has 1 aliphatic rings. The third-order valence-electron chi connectivity index (χ3n) is 3.06. The second kappa shape index (κ2) is 3.87. The Hall–Kier alpha value is -2.30. The molecule has 2 aromatic rings. The van der Waals surface area contributed by atoms with E-state index in [1.807, 2.05) is 28.8 Å². The highest BCUT2D eigenvalue weighted by Gasteiger charge is 2.28. The molecular formula is C13H13N3O2. The molecule has 92 valence electrons. The fourth-order valence-corrected chi connectivity index (χ4v) is 2.21. The third-order valence-corrected chi connectivity index (χ3v) is 3.06. The number of benzene rings is 1. The van der Waals surface area contributed by atoms with Crippen LogP contribution in [0.1, 0.15) is 12.7 Å². The summed E-state index contributed by atoms with van der Waals surface area (Å²) in [5.74, 6) is 0.295. The number of rotatable bonds is 2. The van der Waals surface area contributed by atoms with Crippen molar-refractivity contribution in [2.75, 3.05) is 6.61 Å². The SMILES string of the molecule is CCOC(=O)C1=C(N)c2nc3ccccc3n2C1. The molecule has 3 rings (SSSR count). The first kappa shape index (κ1) is 10.8. The normalized spacial score (nSPS) is 14.1. The zero-order chi connectivity index (χ0) is 12.7. The van der Waals surface area contributed by atoms with Gasteiger partial charge in [0.2, 0.25) is 0 Å². The first-order chi connectivity index (χ1) is 8.72. The highest BCUT2D eigenvalue weighted by atomic mass is 16.5. The summed E-state index contributed by atoms with van der Waals surface area (Å²) < 4.78 is 6.93. The van der Waals surface area contributed by atoms with Crippen LogP contribution in [0, 0.1) is 0 Å². The minimum atomic E-state index is -0.357. The van der Waals surface area contributed by atoms with E-state index in [1.165, 1.54) is 0 Å². The van der Waals surface area contributed by atoms with Gasteiger partial charge in [0.15, 0.2) is 5.82 Å². The van der Waals surface area contributed by atoms with E-state index < -0.39 is 0 Å². The van der Waals surface area contributed by atoms with E-state index in [4.69, 9.17) is 10.5 Å². The second-order valence-corrected chi connectivity index (χ2v) is 4.12. The van der Waals surface area contributed by atoms with Gasteiger partial charge in [-0.15, -0.1) is 0 Å². The standard InChI is InChI=1S/C13H13N3O2/c1-2-18-13(17)8-7-16-10-6-4-3-5-9(10)15-12(16)11(8)14/h3-6H,2,7,14H2,1H3. The molecule has 0 unspecified atom stereocenters. The van der Waals surface area contributed by atoms with E-state index in [9.17, 15) is 4.79 Å². The van der Waals surface area contributed by atoms with Gasteiger partial charge in [0.05, 0.1) is 35.5 Å². The third kappa shape index (κ3) is 1.40. The average molecular weight is 243 g/mol. The maximum absolute atomic E-state index is 11.8. The lowest BCUT2D eigenvalue weighted by Crippen LogP contribution is -2.12. The van der Waals surface area contributed by atoms with Crippen LogP contribution in [0.15, 0.2) is 29.8 Å². The number of fused-ring (bicyclic) bond motifs is 3. The van der Waals surface area contributed by atoms with E-state index in [1.54, 1.807) is 6.92 Å². The predicted octanol–water partition coefficient (Wildman–Crippen LogP) is 1.28. The molecule has 0 fully saturated rings. The summed E-state index contributed by atoms with van der Waals surface area (Å²) in [4.78, 5) is 16.2. The molecule has 2 N–H and O–H groups in total. The van der Waals surface area contributed by atoms with Crippen molar-refractivity contribution < 1.29 is 9.53 Å². The number of carbonyl (C=O) groups excluding carboxylic acids is 1. The zero-order valence-corrected chi connectivity index (χ0v) is 10.0. The molecule has 1 aliphatic heterocycles. The van der Waals surface area contributed by atoms with Crippen LogP contribution in [-0.4, -0.2) is 22.1 Å². The molecule has 0 saturated heterocycles. The van der Waals surface area contributed by atoms with E-state index in [2.05, 4.69) is 4.98 Å². The summed E-state index contributed by atoms with van der Waals surface area (Å²) >= 11 is 0. The number of aromatic nitrogens is 2. The molecule has 1 aromatic carbocycles. The minimum absolute atomic E-state index is 0.346. The number of esters is 1. The van der Waals surface area contributed by atoms with Crippen molar-refractivity contribution in [3.63, 3.8) is 0 Å². The first-order valence-electron chi connectivity index (χ1n) is 5.83. The van der Waals surface area contributed by atoms with Crippen molar-refractivity contribution in [1.29, 1.82) is 0 Å². The monoisotopic (exact) mass is 243 g/mol. The zero-order valence-electron chi connectivity index (χ0n) is 10.0. The molecule has 0 radical (unpaired) electrons. The topological polar surface area (TPSA) is 70.1 Å². The van der Waals surface area contributed by atoms with E-state index in [0.29, 0.717) is 30.2 Å². The van der Waals surface area contributed by atoms with Crippen LogP contribution in [0.2, 0.25) is 0 Å². The Kier molecular flexibility index (Phi) is 2.33. The molecule has 0 atom stereocenters. The minimum Gasteiger partial charge on any atom is -0.463 e. The summed E-state index contributed by atoms with van der Waals surface area (Å²) in [5.41, 5.74) is 8.76. The lowest BCUT2D eigenvalue weighted by atomic mass is 10.2. The Labute approximate surface area is 104 Å². The largest absolute Gasteiger partial charge is 0.463 e. The number of hydrogen-bond acceptors (Lipinski definition) is 4. The van der Waals surface area contributed by atoms with Crippen molar-refractivity contribution in [3.8, 4) is 0 Å². The number of ether oxygens (including phenoxy) is 1. The van der Waals surface area contributed by atoms with Gasteiger partial charge in [-0.3, -0.25) is 0 Å². The molecule has 0 saturated carbocycles. The number of nitrogens with zero attached hydrogens (tertiary/aromatic N) is 2. The van der Waals surface area contributed by atoms with Crippen molar-refractivity contribution in [2.45, 2.75) is 13.5 Å². The molecule has 0 bridgehead atoms. The van der Waals surface area contributed by atoms with Crippen molar-refractivity contribution >= 4 is 22.7 Å². The van der Waals surface area contributed by atoms with Gasteiger partial charge in [0.25, 0.3) is 0 Å². The first-order valence-corrected chi connectivity index (χ1v) is 5.83. The van der Waals surface area contributed by atoms with E-state index >= 15 is 0 Å². The van der Waals surface area contributed by atoms with Gasteiger partial charge < -0.3 is 15.0 Å². The molecule has 0 aliphatic carbocycles. The number of nitrogens with two attached hydrogens (primary N) is 1. The van der Waals surface area contributed by atoms with Crippen molar-refractivity contribution in [1.82, 2.24) is 9.55 Å². The lowest BCUT2D eigenvalue weighted by molar-refractivity contribution is -0.138. The number of imidazole rings is 1. The lowest BCUT2D eigenvalue weighted by Gasteiger charge is -2.03. The Morgan fingerprint density at radius 2 is 2.28 bits per heavy atom. The van der Waals surface area contributed by atoms with Crippen LogP contribution >= 0.6 is 0 Å². The average Bonchev–Trinajstić information content (AvgIpc) is 2.88. The Morgan fingerprint density at radius 1 is 1.50 bits per heavy atom. The molecule has 0 spiro atoms. The van der Waals surface area contributed by atoms with E-state index in [-0.39, 0.29) is 5.97 Å². The van der Waals surface area contributed by atoms with Crippen LogP contribution in [-0.2, 0) is 16.1 Å². The molecule has 0 amide bonds. The summed E-state index contributed by atoms with van der Waals surface area (Å²) in [6.45, 7) is 2.55. The molecule has 2 heterocycles. The van der Waals surface area contributed by atoms with Gasteiger partial charge in [-0.1, -0.05) is 12.1 Å². The molecule has 1 aromatic heterocycles. The highest BCUT2D eigenvalue weighted by Crippen LogP contribution is 2.28. The number of para-hydroxylation sites is 2. The quantitative estimate of drug-likeness (QED) is 0.807. The second-order valence-electron chi connectivity index (χ2n) is 4.12. The Balaban J connectivity index is 2.09. The smallest absolute Gasteiger partial charge is 0.338 e. The maximum atomic E-state index is 11.8. The van der Waals surface area contributed by atoms with Crippen molar-refractivity contribution in [3.05, 3.63) is 35.7 Å². The van der Waals surface area contributed by atoms with Crippen LogP contribution < -0.4 is 5.73 Å². The number of carbonyl (C=O) groups is 1. The molecular weight excluding hydrogens is 230 g/mol. The molecule has 5 heteroatoms. The van der Waals surface area contributed by atoms with Crippen LogP contribution in [0.3, 0.4) is 0 Å². The Morgan fingerprint density at radius 3 is 3.06 bits per heavy atom. The molecule has 5 nitrogen and oxygen atoms in total. The number of hydrogen-bond donors (Lipinski definition) is 1. The summed E-state index contributed by atoms with van der Waals surface area (Å²) in [7, 11) is 0. The highest BCUT2D eigenvalue weighted by molar-refractivity contribution is 5.99. The maximum Gasteiger partial charge on any atom is 0.338 e. The summed E-state index contributed by atoms with van der Waals surface area (Å²) in [6, 6.07) is 7.76.